The molecular formula is C13H13N3S. The lowest BCUT2D eigenvalue weighted by Gasteiger charge is -1.92. The molecule has 4 heteroatoms. The number of benzene rings is 1. The summed E-state index contributed by atoms with van der Waals surface area (Å²) in [6.07, 6.45) is 0. The summed E-state index contributed by atoms with van der Waals surface area (Å²) in [5, 5.41) is 0.818. The van der Waals surface area contributed by atoms with Crippen LogP contribution in [0, 0.1) is 13.8 Å². The maximum atomic E-state index is 5.98. The first kappa shape index (κ1) is 10.4. The summed E-state index contributed by atoms with van der Waals surface area (Å²) in [6, 6.07) is 8.26. The number of rotatable bonds is 1. The van der Waals surface area contributed by atoms with Crippen LogP contribution in [0.4, 0.5) is 5.00 Å². The Hall–Kier alpha value is -1.81. The molecule has 2 aromatic heterocycles. The number of nitrogens with zero attached hydrogens (tertiary/aromatic N) is 1. The standard InChI is InChI=1S/C13H13N3S/c1-7-3-4-10-11(5-7)16-13(15-10)9-6-8(2)17-12(9)14/h3-6H,14H2,1-2H3,(H,15,16). The summed E-state index contributed by atoms with van der Waals surface area (Å²) in [4.78, 5) is 9.09. The van der Waals surface area contributed by atoms with Gasteiger partial charge in [0.2, 0.25) is 0 Å². The number of hydrogen-bond acceptors (Lipinski definition) is 3. The number of aryl methyl sites for hydroxylation is 2. The van der Waals surface area contributed by atoms with Crippen LogP contribution in [0.5, 0.6) is 0 Å². The molecule has 86 valence electrons. The monoisotopic (exact) mass is 243 g/mol. The predicted octanol–water partition coefficient (Wildman–Crippen LogP) is 3.49. The average molecular weight is 243 g/mol. The van der Waals surface area contributed by atoms with Gasteiger partial charge in [0.15, 0.2) is 0 Å². The van der Waals surface area contributed by atoms with E-state index in [4.69, 9.17) is 5.73 Å². The van der Waals surface area contributed by atoms with Crippen molar-refractivity contribution in [1.82, 2.24) is 9.97 Å². The van der Waals surface area contributed by atoms with E-state index in [2.05, 4.69) is 42.0 Å². The number of nitrogens with two attached hydrogens (primary N) is 1. The molecule has 0 saturated heterocycles. The van der Waals surface area contributed by atoms with Gasteiger partial charge in [-0.25, -0.2) is 4.98 Å². The number of nitrogens with one attached hydrogen (secondary N) is 1. The second-order valence-corrected chi connectivity index (χ2v) is 5.53. The Morgan fingerprint density at radius 3 is 2.76 bits per heavy atom. The Labute approximate surface area is 103 Å². The van der Waals surface area contributed by atoms with Crippen molar-refractivity contribution in [3.63, 3.8) is 0 Å². The molecule has 0 fully saturated rings. The quantitative estimate of drug-likeness (QED) is 0.687. The summed E-state index contributed by atoms with van der Waals surface area (Å²) in [5.41, 5.74) is 10.2. The Morgan fingerprint density at radius 2 is 2.06 bits per heavy atom. The molecule has 0 unspecified atom stereocenters. The second kappa shape index (κ2) is 3.60. The molecule has 0 spiro atoms. The summed E-state index contributed by atoms with van der Waals surface area (Å²) in [5.74, 6) is 0.854. The number of imidazole rings is 1. The second-order valence-electron chi connectivity index (χ2n) is 4.24. The molecule has 0 aliphatic rings. The van der Waals surface area contributed by atoms with E-state index in [0.717, 1.165) is 27.4 Å². The minimum atomic E-state index is 0.818. The van der Waals surface area contributed by atoms with Gasteiger partial charge in [-0.3, -0.25) is 0 Å². The van der Waals surface area contributed by atoms with E-state index in [9.17, 15) is 0 Å². The molecule has 17 heavy (non-hydrogen) atoms. The Kier molecular flexibility index (Phi) is 2.19. The zero-order valence-electron chi connectivity index (χ0n) is 9.74. The molecule has 0 amide bonds. The van der Waals surface area contributed by atoms with Gasteiger partial charge < -0.3 is 10.7 Å². The van der Waals surface area contributed by atoms with Crippen LogP contribution in [0.1, 0.15) is 10.4 Å². The SMILES string of the molecule is Cc1ccc2nc(-c3cc(C)sc3N)[nH]c2c1. The maximum absolute atomic E-state index is 5.98. The summed E-state index contributed by atoms with van der Waals surface area (Å²) < 4.78 is 0. The molecule has 0 saturated carbocycles. The van der Waals surface area contributed by atoms with E-state index in [0.29, 0.717) is 0 Å². The van der Waals surface area contributed by atoms with Crippen LogP contribution in [-0.4, -0.2) is 9.97 Å². The van der Waals surface area contributed by atoms with Crippen molar-refractivity contribution in [2.45, 2.75) is 13.8 Å². The van der Waals surface area contributed by atoms with E-state index in [1.807, 2.05) is 6.07 Å². The molecular weight excluding hydrogens is 230 g/mol. The van der Waals surface area contributed by atoms with Crippen LogP contribution >= 0.6 is 11.3 Å². The van der Waals surface area contributed by atoms with Gasteiger partial charge in [0.1, 0.15) is 5.82 Å². The molecule has 1 aromatic carbocycles. The minimum Gasteiger partial charge on any atom is -0.390 e. The highest BCUT2D eigenvalue weighted by Gasteiger charge is 2.10. The van der Waals surface area contributed by atoms with Crippen molar-refractivity contribution in [1.29, 1.82) is 0 Å². The Balaban J connectivity index is 2.21. The zero-order chi connectivity index (χ0) is 12.0. The highest BCUT2D eigenvalue weighted by Crippen LogP contribution is 2.32. The van der Waals surface area contributed by atoms with Gasteiger partial charge in [-0.05, 0) is 37.6 Å². The number of hydrogen-bond donors (Lipinski definition) is 2. The van der Waals surface area contributed by atoms with E-state index >= 15 is 0 Å². The van der Waals surface area contributed by atoms with Crippen LogP contribution in [0.15, 0.2) is 24.3 Å². The fourth-order valence-electron chi connectivity index (χ4n) is 1.97. The first-order valence-corrected chi connectivity index (χ1v) is 6.28. The van der Waals surface area contributed by atoms with Crippen molar-refractivity contribution in [3.8, 4) is 11.4 Å². The third-order valence-electron chi connectivity index (χ3n) is 2.78. The van der Waals surface area contributed by atoms with Crippen molar-refractivity contribution in [2.24, 2.45) is 0 Å². The summed E-state index contributed by atoms with van der Waals surface area (Å²) in [7, 11) is 0. The lowest BCUT2D eigenvalue weighted by molar-refractivity contribution is 1.34. The fourth-order valence-corrected chi connectivity index (χ4v) is 2.76. The van der Waals surface area contributed by atoms with Crippen molar-refractivity contribution in [3.05, 3.63) is 34.7 Å². The molecule has 3 rings (SSSR count). The van der Waals surface area contributed by atoms with Gasteiger partial charge in [-0.2, -0.15) is 0 Å². The van der Waals surface area contributed by atoms with Gasteiger partial charge in [0.25, 0.3) is 0 Å². The van der Waals surface area contributed by atoms with Crippen LogP contribution in [-0.2, 0) is 0 Å². The van der Waals surface area contributed by atoms with Gasteiger partial charge in [0, 0.05) is 4.88 Å². The van der Waals surface area contributed by atoms with Crippen molar-refractivity contribution >= 4 is 27.4 Å². The normalized spacial score (nSPS) is 11.2. The summed E-state index contributed by atoms with van der Waals surface area (Å²) >= 11 is 1.59. The number of aromatic amines is 1. The fraction of sp³-hybridized carbons (Fsp3) is 0.154. The third kappa shape index (κ3) is 1.70. The number of H-pyrrole nitrogens is 1. The van der Waals surface area contributed by atoms with Crippen molar-refractivity contribution in [2.75, 3.05) is 5.73 Å². The van der Waals surface area contributed by atoms with Crippen molar-refractivity contribution < 1.29 is 0 Å². The van der Waals surface area contributed by atoms with E-state index in [1.54, 1.807) is 11.3 Å². The largest absolute Gasteiger partial charge is 0.390 e. The predicted molar refractivity (Wildman–Crippen MR) is 73.3 cm³/mol. The van der Waals surface area contributed by atoms with Gasteiger partial charge >= 0.3 is 0 Å². The zero-order valence-corrected chi connectivity index (χ0v) is 10.6. The number of nitrogen functional groups attached to an aromatic ring is 1. The molecule has 0 atom stereocenters. The van der Waals surface area contributed by atoms with E-state index in [1.165, 1.54) is 10.4 Å². The number of anilines is 1. The van der Waals surface area contributed by atoms with E-state index in [-0.39, 0.29) is 0 Å². The molecule has 2 heterocycles. The lowest BCUT2D eigenvalue weighted by Crippen LogP contribution is -1.84. The highest BCUT2D eigenvalue weighted by molar-refractivity contribution is 7.16. The molecule has 0 aliphatic heterocycles. The van der Waals surface area contributed by atoms with Gasteiger partial charge in [-0.1, -0.05) is 6.07 Å². The molecule has 3 nitrogen and oxygen atoms in total. The summed E-state index contributed by atoms with van der Waals surface area (Å²) in [6.45, 7) is 4.13. The van der Waals surface area contributed by atoms with Crippen LogP contribution in [0.2, 0.25) is 0 Å². The van der Waals surface area contributed by atoms with Crippen LogP contribution < -0.4 is 5.73 Å². The minimum absolute atomic E-state index is 0.818. The first-order chi connectivity index (χ1) is 8.13. The van der Waals surface area contributed by atoms with Gasteiger partial charge in [0.05, 0.1) is 21.6 Å². The van der Waals surface area contributed by atoms with Gasteiger partial charge in [-0.15, -0.1) is 11.3 Å². The number of aromatic nitrogens is 2. The number of thiophene rings is 1. The molecule has 0 aliphatic carbocycles. The Bertz CT molecular complexity index is 694. The Morgan fingerprint density at radius 1 is 1.24 bits per heavy atom. The lowest BCUT2D eigenvalue weighted by atomic mass is 10.2. The van der Waals surface area contributed by atoms with Crippen LogP contribution in [0.3, 0.4) is 0 Å². The average Bonchev–Trinajstić information content (AvgIpc) is 2.80. The molecule has 0 bridgehead atoms. The molecule has 0 radical (unpaired) electrons. The highest BCUT2D eigenvalue weighted by atomic mass is 32.1. The topological polar surface area (TPSA) is 54.7 Å². The van der Waals surface area contributed by atoms with Crippen LogP contribution in [0.25, 0.3) is 22.4 Å². The molecule has 3 aromatic rings. The molecule has 3 N–H and O–H groups in total. The third-order valence-corrected chi connectivity index (χ3v) is 3.66. The first-order valence-electron chi connectivity index (χ1n) is 5.46. The smallest absolute Gasteiger partial charge is 0.141 e. The van der Waals surface area contributed by atoms with E-state index < -0.39 is 0 Å². The maximum Gasteiger partial charge on any atom is 0.141 e. The number of fused-ring (bicyclic) bond motifs is 1.